The molecule has 1 aliphatic rings. The molecule has 2 rings (SSSR count). The molecule has 1 saturated heterocycles. The standard InChI is InChI=1S/C17H29N3O4.C15H21N3O4.C2H6/c1-11(2)15(16(23)18-4)19-13(21)8-6-5-7-9-20-14(22)10-12(3)17(20)24;1-11(19)22-10-12-5-7-13(8-6-12)18-14(20)4-2-3-9-17-15(16)21;1-2/h11-12,15H,5-10H2,1-4H3,(H,18,23)(H,19,21);5-8H,2-4,9-10H2,1H3,(H,18,20)(H3,16,17,21);1-2H3. The number of ether oxygens (including phenoxy) is 1. The SMILES string of the molecule is CC.CC(=O)OCc1ccc(NC(=O)CCCCNC(N)=O)cc1.CNC(=O)C(NC(=O)CCCCCN1C(=O)CC(C)C1=O)C(C)C. The topological polar surface area (TPSA) is 206 Å². The molecule has 0 bridgehead atoms. The van der Waals surface area contributed by atoms with E-state index in [1.54, 1.807) is 38.2 Å². The number of rotatable bonds is 17. The zero-order valence-electron chi connectivity index (χ0n) is 29.6. The molecular formula is C34H56N6O8. The van der Waals surface area contributed by atoms with Crippen molar-refractivity contribution < 1.29 is 38.3 Å². The molecule has 1 aliphatic heterocycles. The van der Waals surface area contributed by atoms with Crippen LogP contribution in [0.3, 0.4) is 0 Å². The Kier molecular flexibility index (Phi) is 22.3. The Morgan fingerprint density at radius 3 is 2.06 bits per heavy atom. The second-order valence-electron chi connectivity index (χ2n) is 11.5. The number of benzene rings is 1. The minimum Gasteiger partial charge on any atom is -0.461 e. The number of anilines is 1. The summed E-state index contributed by atoms with van der Waals surface area (Å²) in [5.74, 6) is -1.16. The van der Waals surface area contributed by atoms with Gasteiger partial charge in [0.25, 0.3) is 0 Å². The van der Waals surface area contributed by atoms with Crippen molar-refractivity contribution in [1.82, 2.24) is 20.9 Å². The highest BCUT2D eigenvalue weighted by Crippen LogP contribution is 2.19. The molecule has 1 heterocycles. The van der Waals surface area contributed by atoms with Gasteiger partial charge in [0.15, 0.2) is 0 Å². The Balaban J connectivity index is 0.000000878. The molecule has 270 valence electrons. The van der Waals surface area contributed by atoms with E-state index in [9.17, 15) is 33.6 Å². The number of hydrogen-bond donors (Lipinski definition) is 5. The van der Waals surface area contributed by atoms with Crippen LogP contribution >= 0.6 is 0 Å². The largest absolute Gasteiger partial charge is 0.461 e. The minimum absolute atomic E-state index is 0.0167. The van der Waals surface area contributed by atoms with Crippen LogP contribution in [0.25, 0.3) is 0 Å². The molecule has 0 aliphatic carbocycles. The third-order valence-electron chi connectivity index (χ3n) is 7.08. The van der Waals surface area contributed by atoms with E-state index >= 15 is 0 Å². The maximum absolute atomic E-state index is 11.9. The lowest BCUT2D eigenvalue weighted by atomic mass is 10.0. The van der Waals surface area contributed by atoms with Gasteiger partial charge in [0.1, 0.15) is 12.6 Å². The molecule has 7 amide bonds. The number of carbonyl (C=O) groups excluding carboxylic acids is 7. The number of likely N-dealkylation sites (tertiary alicyclic amines) is 1. The van der Waals surface area contributed by atoms with Gasteiger partial charge < -0.3 is 31.7 Å². The summed E-state index contributed by atoms with van der Waals surface area (Å²) in [5.41, 5.74) is 6.47. The number of amides is 7. The Morgan fingerprint density at radius 1 is 0.938 bits per heavy atom. The summed E-state index contributed by atoms with van der Waals surface area (Å²) in [4.78, 5) is 81.3. The highest BCUT2D eigenvalue weighted by atomic mass is 16.5. The van der Waals surface area contributed by atoms with Crippen LogP contribution in [-0.4, -0.2) is 72.6 Å². The molecular weight excluding hydrogens is 620 g/mol. The molecule has 0 radical (unpaired) electrons. The number of nitrogens with zero attached hydrogens (tertiary/aromatic N) is 1. The average Bonchev–Trinajstić information content (AvgIpc) is 3.29. The number of imide groups is 1. The molecule has 0 saturated carbocycles. The van der Waals surface area contributed by atoms with E-state index in [1.165, 1.54) is 11.8 Å². The predicted molar refractivity (Wildman–Crippen MR) is 183 cm³/mol. The number of nitrogens with one attached hydrogen (secondary N) is 4. The summed E-state index contributed by atoms with van der Waals surface area (Å²) in [5, 5.41) is 10.5. The molecule has 1 aromatic carbocycles. The number of likely N-dealkylation sites (N-methyl/N-ethyl adjacent to an activating group) is 1. The van der Waals surface area contributed by atoms with Crippen molar-refractivity contribution in [2.45, 2.75) is 106 Å². The first-order valence-corrected chi connectivity index (χ1v) is 16.7. The summed E-state index contributed by atoms with van der Waals surface area (Å²) >= 11 is 0. The van der Waals surface area contributed by atoms with Crippen LogP contribution in [0.15, 0.2) is 24.3 Å². The fourth-order valence-electron chi connectivity index (χ4n) is 4.47. The van der Waals surface area contributed by atoms with Crippen LogP contribution in [-0.2, 0) is 40.1 Å². The first kappa shape index (κ1) is 43.5. The van der Waals surface area contributed by atoms with Gasteiger partial charge in [0, 0.05) is 57.9 Å². The van der Waals surface area contributed by atoms with Crippen molar-refractivity contribution in [3.63, 3.8) is 0 Å². The van der Waals surface area contributed by atoms with E-state index in [0.29, 0.717) is 63.7 Å². The van der Waals surface area contributed by atoms with Crippen LogP contribution in [0.4, 0.5) is 10.5 Å². The summed E-state index contributed by atoms with van der Waals surface area (Å²) < 4.78 is 4.88. The van der Waals surface area contributed by atoms with Gasteiger partial charge in [-0.25, -0.2) is 4.79 Å². The average molecular weight is 677 g/mol. The molecule has 2 unspecified atom stereocenters. The molecule has 0 aromatic heterocycles. The van der Waals surface area contributed by atoms with Gasteiger partial charge in [-0.1, -0.05) is 53.2 Å². The molecule has 1 fully saturated rings. The van der Waals surface area contributed by atoms with E-state index in [-0.39, 0.29) is 53.9 Å². The highest BCUT2D eigenvalue weighted by molar-refractivity contribution is 6.03. The number of urea groups is 1. The van der Waals surface area contributed by atoms with Gasteiger partial charge in [-0.3, -0.25) is 33.7 Å². The van der Waals surface area contributed by atoms with Crippen molar-refractivity contribution in [2.24, 2.45) is 17.6 Å². The first-order valence-electron chi connectivity index (χ1n) is 16.7. The lowest BCUT2D eigenvalue weighted by molar-refractivity contribution is -0.142. The molecule has 48 heavy (non-hydrogen) atoms. The van der Waals surface area contributed by atoms with Gasteiger partial charge in [0.05, 0.1) is 0 Å². The normalized spacial score (nSPS) is 14.1. The fraction of sp³-hybridized carbons (Fsp3) is 0.618. The molecule has 0 spiro atoms. The maximum Gasteiger partial charge on any atom is 0.312 e. The van der Waals surface area contributed by atoms with Crippen LogP contribution in [0.2, 0.25) is 0 Å². The van der Waals surface area contributed by atoms with E-state index in [0.717, 1.165) is 12.0 Å². The van der Waals surface area contributed by atoms with Gasteiger partial charge in [0.2, 0.25) is 29.5 Å². The van der Waals surface area contributed by atoms with E-state index in [1.807, 2.05) is 27.7 Å². The van der Waals surface area contributed by atoms with Crippen molar-refractivity contribution >= 4 is 47.2 Å². The predicted octanol–water partition coefficient (Wildman–Crippen LogP) is 3.38. The van der Waals surface area contributed by atoms with E-state index in [2.05, 4.69) is 21.3 Å². The summed E-state index contributed by atoms with van der Waals surface area (Å²) in [6, 6.07) is 6.00. The number of carbonyl (C=O) groups is 7. The zero-order chi connectivity index (χ0) is 36.6. The maximum atomic E-state index is 11.9. The molecule has 6 N–H and O–H groups in total. The van der Waals surface area contributed by atoms with Gasteiger partial charge >= 0.3 is 12.0 Å². The number of nitrogens with two attached hydrogens (primary N) is 1. The third-order valence-corrected chi connectivity index (χ3v) is 7.08. The van der Waals surface area contributed by atoms with Gasteiger partial charge in [-0.2, -0.15) is 0 Å². The molecule has 1 aromatic rings. The molecule has 14 heteroatoms. The van der Waals surface area contributed by atoms with Crippen molar-refractivity contribution in [3.8, 4) is 0 Å². The Morgan fingerprint density at radius 2 is 1.54 bits per heavy atom. The Bertz CT molecular complexity index is 1190. The number of hydrogen-bond acceptors (Lipinski definition) is 8. The van der Waals surface area contributed by atoms with Crippen molar-refractivity contribution in [3.05, 3.63) is 29.8 Å². The second-order valence-corrected chi connectivity index (χ2v) is 11.5. The van der Waals surface area contributed by atoms with E-state index in [4.69, 9.17) is 10.5 Å². The van der Waals surface area contributed by atoms with Crippen LogP contribution in [0.1, 0.15) is 98.5 Å². The smallest absolute Gasteiger partial charge is 0.312 e. The van der Waals surface area contributed by atoms with E-state index < -0.39 is 12.1 Å². The van der Waals surface area contributed by atoms with Crippen molar-refractivity contribution in [1.29, 1.82) is 0 Å². The third kappa shape index (κ3) is 18.6. The zero-order valence-corrected chi connectivity index (χ0v) is 29.6. The number of primary amides is 1. The summed E-state index contributed by atoms with van der Waals surface area (Å²) in [6.45, 7) is 12.0. The van der Waals surface area contributed by atoms with Gasteiger partial charge in [-0.05, 0) is 49.3 Å². The fourth-order valence-corrected chi connectivity index (χ4v) is 4.47. The Hall–Kier alpha value is -4.49. The summed E-state index contributed by atoms with van der Waals surface area (Å²) in [6.07, 6.45) is 4.47. The van der Waals surface area contributed by atoms with Crippen LogP contribution < -0.4 is 27.0 Å². The van der Waals surface area contributed by atoms with Crippen LogP contribution in [0.5, 0.6) is 0 Å². The molecule has 14 nitrogen and oxygen atoms in total. The monoisotopic (exact) mass is 676 g/mol. The van der Waals surface area contributed by atoms with Crippen molar-refractivity contribution in [2.75, 3.05) is 25.5 Å². The van der Waals surface area contributed by atoms with Crippen LogP contribution in [0, 0.1) is 11.8 Å². The molecule has 2 atom stereocenters. The summed E-state index contributed by atoms with van der Waals surface area (Å²) in [7, 11) is 1.55. The minimum atomic E-state index is -0.557. The van der Waals surface area contributed by atoms with Gasteiger partial charge in [-0.15, -0.1) is 0 Å². The Labute approximate surface area is 284 Å². The quantitative estimate of drug-likeness (QED) is 0.0937. The lowest BCUT2D eigenvalue weighted by Crippen LogP contribution is -2.48. The number of esters is 1. The number of unbranched alkanes of at least 4 members (excludes halogenated alkanes) is 3. The first-order chi connectivity index (χ1) is 22.7. The second kappa shape index (κ2) is 24.7. The highest BCUT2D eigenvalue weighted by Gasteiger charge is 2.34. The lowest BCUT2D eigenvalue weighted by Gasteiger charge is -2.20.